The van der Waals surface area contributed by atoms with Crippen molar-refractivity contribution >= 4 is 15.7 Å². The molecule has 0 radical (unpaired) electrons. The SMILES string of the molecule is [2H]C1C(S(=O)(=O)c2ccc(OC)cc2)=CC=C2C(=O)N([2H])N([2H])C([2H])([2H])C21[2H]. The number of rotatable bonds is 3. The van der Waals surface area contributed by atoms with Crippen LogP contribution in [-0.2, 0) is 14.6 Å². The van der Waals surface area contributed by atoms with Crippen molar-refractivity contribution < 1.29 is 26.3 Å². The molecule has 0 saturated carbocycles. The number of allylic oxidation sites excluding steroid dienone is 3. The van der Waals surface area contributed by atoms with E-state index in [9.17, 15) is 13.2 Å². The highest BCUT2D eigenvalue weighted by Crippen LogP contribution is 2.33. The van der Waals surface area contributed by atoms with Crippen molar-refractivity contribution in [1.82, 2.24) is 10.8 Å². The number of nitrogens with one attached hydrogen (secondary N) is 2. The normalized spacial score (nSPS) is 35.6. The van der Waals surface area contributed by atoms with E-state index in [1.165, 1.54) is 31.4 Å². The van der Waals surface area contributed by atoms with Gasteiger partial charge in [0.15, 0.2) is 1.41 Å². The molecule has 1 aromatic rings. The fourth-order valence-electron chi connectivity index (χ4n) is 2.04. The molecule has 6 nitrogen and oxygen atoms in total. The predicted molar refractivity (Wildman–Crippen MR) is 80.6 cm³/mol. The first kappa shape index (κ1) is 9.12. The summed E-state index contributed by atoms with van der Waals surface area (Å²) in [6.07, 6.45) is -0.135. The van der Waals surface area contributed by atoms with E-state index in [-0.39, 0.29) is 15.7 Å². The molecule has 0 bridgehead atoms. The molecule has 1 amide bonds. The number of carbonyl (C=O) groups is 1. The molecule has 2 N–H and O–H groups in total. The van der Waals surface area contributed by atoms with Crippen LogP contribution in [0.4, 0.5) is 0 Å². The molecule has 1 fully saturated rings. The third-order valence-corrected chi connectivity index (χ3v) is 4.98. The van der Waals surface area contributed by atoms with Gasteiger partial charge in [-0.2, -0.15) is 0 Å². The fourth-order valence-corrected chi connectivity index (χ4v) is 3.33. The van der Waals surface area contributed by atoms with Gasteiger partial charge in [-0.25, -0.2) is 13.8 Å². The lowest BCUT2D eigenvalue weighted by Gasteiger charge is -2.29. The second kappa shape index (κ2) is 5.58. The first-order chi connectivity index (χ1) is 12.9. The Kier molecular flexibility index (Phi) is 2.31. The molecule has 1 aliphatic carbocycles. The zero-order chi connectivity index (χ0) is 21.1. The van der Waals surface area contributed by atoms with Crippen molar-refractivity contribution in [3.63, 3.8) is 0 Å². The zero-order valence-electron chi connectivity index (χ0n) is 17.5. The van der Waals surface area contributed by atoms with E-state index in [0.717, 1.165) is 12.2 Å². The molecule has 1 heterocycles. The topological polar surface area (TPSA) is 84.5 Å². The highest BCUT2D eigenvalue weighted by Gasteiger charge is 2.32. The Bertz CT molecular complexity index is 994. The van der Waals surface area contributed by atoms with Crippen molar-refractivity contribution in [3.05, 3.63) is 46.9 Å². The summed E-state index contributed by atoms with van der Waals surface area (Å²) >= 11 is 0. The fraction of sp³-hybridized carbons (Fsp3) is 0.267. The molecule has 116 valence electrons. The Balaban J connectivity index is 2.16. The molecule has 0 aromatic heterocycles. The Labute approximate surface area is 137 Å². The van der Waals surface area contributed by atoms with Gasteiger partial charge in [0, 0.05) is 28.4 Å². The monoisotopic (exact) mass is 326 g/mol. The summed E-state index contributed by atoms with van der Waals surface area (Å²) in [6.45, 7) is -3.02. The summed E-state index contributed by atoms with van der Waals surface area (Å²) in [6, 6.07) is 5.31. The smallest absolute Gasteiger partial charge is 0.261 e. The maximum absolute atomic E-state index is 13.0. The van der Waals surface area contributed by atoms with Crippen LogP contribution in [0.3, 0.4) is 0 Å². The van der Waals surface area contributed by atoms with E-state index >= 15 is 0 Å². The Morgan fingerprint density at radius 2 is 2.09 bits per heavy atom. The van der Waals surface area contributed by atoms with Gasteiger partial charge in [-0.3, -0.25) is 10.2 Å². The number of methoxy groups -OCH3 is 1. The van der Waals surface area contributed by atoms with Gasteiger partial charge in [0.05, 0.1) is 12.0 Å². The number of hydrazine groups is 1. The quantitative estimate of drug-likeness (QED) is 0.863. The molecule has 2 aliphatic rings. The van der Waals surface area contributed by atoms with Crippen molar-refractivity contribution in [2.24, 2.45) is 5.89 Å². The van der Waals surface area contributed by atoms with Crippen LogP contribution in [-0.4, -0.2) is 27.9 Å². The number of sulfone groups is 1. The first-order valence-electron chi connectivity index (χ1n) is 9.24. The average molecular weight is 326 g/mol. The number of carbonyl (C=O) groups excluding carboxylic acids is 1. The summed E-state index contributed by atoms with van der Waals surface area (Å²) in [5.74, 6) is -3.49. The van der Waals surface area contributed by atoms with Crippen LogP contribution in [0.5, 0.6) is 5.75 Å². The van der Waals surface area contributed by atoms with E-state index in [1.54, 1.807) is 0 Å². The molecule has 3 rings (SSSR count). The van der Waals surface area contributed by atoms with Gasteiger partial charge in [0.1, 0.15) is 7.16 Å². The van der Waals surface area contributed by atoms with Crippen LogP contribution in [0.2, 0.25) is 2.82 Å². The van der Waals surface area contributed by atoms with Gasteiger partial charge < -0.3 is 4.74 Å². The molecule has 2 atom stereocenters. The predicted octanol–water partition coefficient (Wildman–Crippen LogP) is 0.934. The second-order valence-corrected chi connectivity index (χ2v) is 6.45. The highest BCUT2D eigenvalue weighted by atomic mass is 32.2. The van der Waals surface area contributed by atoms with Crippen LogP contribution in [0.1, 0.15) is 11.9 Å². The molecule has 0 spiro atoms. The number of ether oxygens (including phenoxy) is 1. The Morgan fingerprint density at radius 3 is 2.77 bits per heavy atom. The minimum Gasteiger partial charge on any atom is -0.497 e. The van der Waals surface area contributed by atoms with Crippen LogP contribution < -0.4 is 15.6 Å². The number of hydrogen-bond acceptors (Lipinski definition) is 5. The minimum atomic E-state index is -4.29. The van der Waals surface area contributed by atoms with E-state index < -0.39 is 45.0 Å². The summed E-state index contributed by atoms with van der Waals surface area (Å²) in [5.41, 5.74) is -0.795. The molecule has 2 unspecified atom stereocenters. The van der Waals surface area contributed by atoms with Gasteiger partial charge in [0.25, 0.3) is 5.91 Å². The van der Waals surface area contributed by atoms with Crippen LogP contribution in [0.15, 0.2) is 51.8 Å². The van der Waals surface area contributed by atoms with E-state index in [2.05, 4.69) is 0 Å². The summed E-state index contributed by atoms with van der Waals surface area (Å²) in [4.78, 5) is 11.5. The van der Waals surface area contributed by atoms with E-state index in [1.807, 2.05) is 0 Å². The average Bonchev–Trinajstić information content (AvgIpc) is 2.67. The third-order valence-electron chi connectivity index (χ3n) is 3.21. The number of hydrogen-bond donors (Lipinski definition) is 2. The van der Waals surface area contributed by atoms with Crippen molar-refractivity contribution in [1.29, 1.82) is 0 Å². The lowest BCUT2D eigenvalue weighted by molar-refractivity contribution is -0.120. The summed E-state index contributed by atoms with van der Waals surface area (Å²) in [7, 11) is -2.88. The number of benzene rings is 1. The largest absolute Gasteiger partial charge is 0.497 e. The molecular formula is C15H16N2O4S. The maximum Gasteiger partial charge on any atom is 0.261 e. The van der Waals surface area contributed by atoms with Gasteiger partial charge >= 0.3 is 0 Å². The Hall–Kier alpha value is -2.12. The summed E-state index contributed by atoms with van der Waals surface area (Å²) < 4.78 is 79.1. The van der Waals surface area contributed by atoms with E-state index in [4.69, 9.17) is 13.0 Å². The number of amides is 1. The van der Waals surface area contributed by atoms with Gasteiger partial charge in [-0.05, 0) is 36.7 Å². The summed E-state index contributed by atoms with van der Waals surface area (Å²) in [5, 5.41) is 0. The lowest BCUT2D eigenvalue weighted by atomic mass is 9.90. The van der Waals surface area contributed by atoms with Crippen molar-refractivity contribution in [3.8, 4) is 5.75 Å². The Morgan fingerprint density at radius 1 is 1.36 bits per heavy atom. The van der Waals surface area contributed by atoms with Crippen molar-refractivity contribution in [2.45, 2.75) is 11.3 Å². The van der Waals surface area contributed by atoms with Gasteiger partial charge in [0.2, 0.25) is 9.84 Å². The first-order valence-corrected chi connectivity index (χ1v) is 7.75. The molecule has 1 aromatic carbocycles. The molecule has 22 heavy (non-hydrogen) atoms. The molecule has 1 saturated heterocycles. The van der Waals surface area contributed by atoms with Crippen molar-refractivity contribution in [2.75, 3.05) is 13.6 Å². The molecular weight excluding hydrogens is 304 g/mol. The number of fused-ring (bicyclic) bond motifs is 1. The van der Waals surface area contributed by atoms with Gasteiger partial charge in [-0.1, -0.05) is 6.08 Å². The second-order valence-electron chi connectivity index (χ2n) is 4.50. The third kappa shape index (κ3) is 2.53. The highest BCUT2D eigenvalue weighted by molar-refractivity contribution is 7.95. The van der Waals surface area contributed by atoms with Gasteiger partial charge in [-0.15, -0.1) is 0 Å². The van der Waals surface area contributed by atoms with Crippen LogP contribution >= 0.6 is 0 Å². The molecule has 7 heteroatoms. The van der Waals surface area contributed by atoms with Crippen LogP contribution in [0, 0.1) is 5.89 Å². The van der Waals surface area contributed by atoms with Crippen LogP contribution in [0.25, 0.3) is 0 Å². The molecule has 1 aliphatic heterocycles. The maximum atomic E-state index is 13.0. The standard InChI is InChI=1S/C15H16N2O4S/c1-21-11-2-4-12(5-3-11)22(19,20)13-6-7-14-10(8-13)9-16-17-15(14)18/h2-7,10,16H,8-9H2,1H3,(H,17,18)/i8D,9D2,10D/hD2. The lowest BCUT2D eigenvalue weighted by Crippen LogP contribution is -2.49. The zero-order valence-corrected chi connectivity index (χ0v) is 12.3. The minimum absolute atomic E-state index is 0.0673. The van der Waals surface area contributed by atoms with E-state index in [0.29, 0.717) is 5.75 Å².